The Balaban J connectivity index is 1.79. The van der Waals surface area contributed by atoms with Crippen molar-refractivity contribution in [2.45, 2.75) is 19.4 Å². The molecule has 0 aliphatic carbocycles. The van der Waals surface area contributed by atoms with Gasteiger partial charge in [-0.05, 0) is 42.6 Å². The van der Waals surface area contributed by atoms with E-state index in [9.17, 15) is 8.42 Å². The lowest BCUT2D eigenvalue weighted by Gasteiger charge is -2.29. The van der Waals surface area contributed by atoms with Crippen LogP contribution in [0.25, 0.3) is 0 Å². The van der Waals surface area contributed by atoms with Crippen molar-refractivity contribution in [3.63, 3.8) is 0 Å². The van der Waals surface area contributed by atoms with Gasteiger partial charge in [0.05, 0.1) is 7.11 Å². The summed E-state index contributed by atoms with van der Waals surface area (Å²) < 4.78 is 32.2. The highest BCUT2D eigenvalue weighted by Gasteiger charge is 2.17. The van der Waals surface area contributed by atoms with Crippen molar-refractivity contribution in [2.24, 2.45) is 0 Å². The van der Waals surface area contributed by atoms with Gasteiger partial charge >= 0.3 is 0 Å². The smallest absolute Gasteiger partial charge is 0.278 e. The molecule has 6 nitrogen and oxygen atoms in total. The van der Waals surface area contributed by atoms with Gasteiger partial charge in [0.2, 0.25) is 0 Å². The standard InChI is InChI=1S/C15H25N3O3S/c1-17(2)22(19,20)16-8-4-9-18-10-7-13-11-15(21-3)6-5-14(13)12-18/h5-6,11,16H,4,7-10,12H2,1-3H3. The molecule has 1 aromatic carbocycles. The highest BCUT2D eigenvalue weighted by Crippen LogP contribution is 2.23. The fourth-order valence-corrected chi connectivity index (χ4v) is 3.20. The molecule has 2 rings (SSSR count). The van der Waals surface area contributed by atoms with E-state index in [-0.39, 0.29) is 0 Å². The highest BCUT2D eigenvalue weighted by molar-refractivity contribution is 7.87. The molecule has 124 valence electrons. The molecule has 22 heavy (non-hydrogen) atoms. The molecule has 1 aromatic rings. The van der Waals surface area contributed by atoms with Gasteiger partial charge in [-0.3, -0.25) is 4.90 Å². The molecule has 0 amide bonds. The maximum atomic E-state index is 11.6. The molecule has 0 unspecified atom stereocenters. The van der Waals surface area contributed by atoms with Crippen LogP contribution in [0.3, 0.4) is 0 Å². The second-order valence-electron chi connectivity index (χ2n) is 5.70. The van der Waals surface area contributed by atoms with Gasteiger partial charge in [0, 0.05) is 33.7 Å². The number of benzene rings is 1. The maximum Gasteiger partial charge on any atom is 0.278 e. The van der Waals surface area contributed by atoms with Crippen LogP contribution in [0.5, 0.6) is 5.75 Å². The van der Waals surface area contributed by atoms with E-state index in [2.05, 4.69) is 21.8 Å². The minimum absolute atomic E-state index is 0.465. The molecule has 0 atom stereocenters. The molecular formula is C15H25N3O3S. The molecule has 1 N–H and O–H groups in total. The number of rotatable bonds is 7. The Bertz CT molecular complexity index is 602. The zero-order valence-corrected chi connectivity index (χ0v) is 14.3. The number of nitrogens with one attached hydrogen (secondary N) is 1. The Kier molecular flexibility index (Phi) is 5.80. The molecule has 0 saturated carbocycles. The minimum Gasteiger partial charge on any atom is -0.497 e. The number of ether oxygens (including phenoxy) is 1. The molecule has 0 spiro atoms. The number of hydrogen-bond acceptors (Lipinski definition) is 4. The van der Waals surface area contributed by atoms with Crippen LogP contribution in [-0.2, 0) is 23.2 Å². The van der Waals surface area contributed by atoms with Crippen LogP contribution in [0, 0.1) is 0 Å². The predicted octanol–water partition coefficient (Wildman–Crippen LogP) is 0.839. The fourth-order valence-electron chi connectivity index (χ4n) is 2.54. The third-order valence-corrected chi connectivity index (χ3v) is 5.45. The van der Waals surface area contributed by atoms with Gasteiger partial charge in [-0.15, -0.1) is 0 Å². The molecule has 0 radical (unpaired) electrons. The van der Waals surface area contributed by atoms with E-state index in [1.807, 2.05) is 6.07 Å². The van der Waals surface area contributed by atoms with Crippen molar-refractivity contribution in [3.8, 4) is 5.75 Å². The molecular weight excluding hydrogens is 302 g/mol. The van der Waals surface area contributed by atoms with E-state index in [0.717, 1.165) is 38.2 Å². The Hall–Kier alpha value is -1.15. The van der Waals surface area contributed by atoms with Gasteiger partial charge in [0.25, 0.3) is 10.2 Å². The minimum atomic E-state index is -3.31. The number of nitrogens with zero attached hydrogens (tertiary/aromatic N) is 2. The third-order valence-electron chi connectivity index (χ3n) is 3.92. The summed E-state index contributed by atoms with van der Waals surface area (Å²) in [7, 11) is 1.43. The number of hydrogen-bond donors (Lipinski definition) is 1. The van der Waals surface area contributed by atoms with E-state index in [0.29, 0.717) is 6.54 Å². The first-order valence-electron chi connectivity index (χ1n) is 7.47. The van der Waals surface area contributed by atoms with Gasteiger partial charge in [0.1, 0.15) is 5.75 Å². The van der Waals surface area contributed by atoms with Crippen molar-refractivity contribution in [2.75, 3.05) is 40.8 Å². The second kappa shape index (κ2) is 7.41. The zero-order chi connectivity index (χ0) is 16.2. The zero-order valence-electron chi connectivity index (χ0n) is 13.5. The summed E-state index contributed by atoms with van der Waals surface area (Å²) in [6.45, 7) is 3.27. The second-order valence-corrected chi connectivity index (χ2v) is 7.67. The first kappa shape index (κ1) is 17.2. The van der Waals surface area contributed by atoms with Gasteiger partial charge in [0.15, 0.2) is 0 Å². The van der Waals surface area contributed by atoms with E-state index in [1.165, 1.54) is 29.5 Å². The first-order chi connectivity index (χ1) is 10.4. The predicted molar refractivity (Wildman–Crippen MR) is 87.2 cm³/mol. The van der Waals surface area contributed by atoms with Crippen LogP contribution in [0.2, 0.25) is 0 Å². The molecule has 0 aromatic heterocycles. The van der Waals surface area contributed by atoms with Crippen molar-refractivity contribution >= 4 is 10.2 Å². The summed E-state index contributed by atoms with van der Waals surface area (Å²) in [5.74, 6) is 0.908. The largest absolute Gasteiger partial charge is 0.497 e. The van der Waals surface area contributed by atoms with E-state index in [4.69, 9.17) is 4.74 Å². The monoisotopic (exact) mass is 327 g/mol. The Morgan fingerprint density at radius 1 is 1.32 bits per heavy atom. The van der Waals surface area contributed by atoms with E-state index in [1.54, 1.807) is 7.11 Å². The Morgan fingerprint density at radius 3 is 2.77 bits per heavy atom. The summed E-state index contributed by atoms with van der Waals surface area (Å²) in [5, 5.41) is 0. The third kappa shape index (κ3) is 4.42. The molecule has 1 aliphatic heterocycles. The van der Waals surface area contributed by atoms with Gasteiger partial charge in [-0.25, -0.2) is 4.72 Å². The average Bonchev–Trinajstić information content (AvgIpc) is 2.50. The summed E-state index contributed by atoms with van der Waals surface area (Å²) in [5.41, 5.74) is 2.69. The van der Waals surface area contributed by atoms with E-state index >= 15 is 0 Å². The summed E-state index contributed by atoms with van der Waals surface area (Å²) in [6, 6.07) is 6.22. The summed E-state index contributed by atoms with van der Waals surface area (Å²) >= 11 is 0. The van der Waals surface area contributed by atoms with Crippen molar-refractivity contribution in [3.05, 3.63) is 29.3 Å². The topological polar surface area (TPSA) is 61.9 Å². The Labute approximate surface area is 133 Å². The molecule has 0 bridgehead atoms. The van der Waals surface area contributed by atoms with Crippen LogP contribution < -0.4 is 9.46 Å². The van der Waals surface area contributed by atoms with Crippen molar-refractivity contribution < 1.29 is 13.2 Å². The fraction of sp³-hybridized carbons (Fsp3) is 0.600. The SMILES string of the molecule is COc1ccc2c(c1)CCN(CCCNS(=O)(=O)N(C)C)C2. The van der Waals surface area contributed by atoms with Crippen molar-refractivity contribution in [1.29, 1.82) is 0 Å². The average molecular weight is 327 g/mol. The van der Waals surface area contributed by atoms with Crippen LogP contribution in [-0.4, -0.2) is 58.5 Å². The normalized spacial score (nSPS) is 15.8. The summed E-state index contributed by atoms with van der Waals surface area (Å²) in [4.78, 5) is 2.36. The lowest BCUT2D eigenvalue weighted by Crippen LogP contribution is -2.38. The van der Waals surface area contributed by atoms with Crippen molar-refractivity contribution in [1.82, 2.24) is 13.9 Å². The molecule has 7 heteroatoms. The van der Waals surface area contributed by atoms with Gasteiger partial charge in [-0.2, -0.15) is 12.7 Å². The lowest BCUT2D eigenvalue weighted by atomic mass is 9.99. The summed E-state index contributed by atoms with van der Waals surface area (Å²) in [6.07, 6.45) is 1.81. The van der Waals surface area contributed by atoms with Crippen LogP contribution in [0.4, 0.5) is 0 Å². The lowest BCUT2D eigenvalue weighted by molar-refractivity contribution is 0.251. The highest BCUT2D eigenvalue weighted by atomic mass is 32.2. The number of methoxy groups -OCH3 is 1. The first-order valence-corrected chi connectivity index (χ1v) is 8.91. The van der Waals surface area contributed by atoms with Gasteiger partial charge in [-0.1, -0.05) is 6.07 Å². The maximum absolute atomic E-state index is 11.6. The van der Waals surface area contributed by atoms with Gasteiger partial charge < -0.3 is 4.74 Å². The van der Waals surface area contributed by atoms with Crippen LogP contribution in [0.1, 0.15) is 17.5 Å². The molecule has 0 fully saturated rings. The quantitative estimate of drug-likeness (QED) is 0.754. The van der Waals surface area contributed by atoms with E-state index < -0.39 is 10.2 Å². The van der Waals surface area contributed by atoms with Crippen LogP contribution in [0.15, 0.2) is 18.2 Å². The molecule has 1 heterocycles. The number of fused-ring (bicyclic) bond motifs is 1. The molecule has 0 saturated heterocycles. The Morgan fingerprint density at radius 2 is 2.09 bits per heavy atom. The van der Waals surface area contributed by atoms with Crippen LogP contribution >= 0.6 is 0 Å². The molecule has 1 aliphatic rings.